The molecular weight excluding hydrogens is 348 g/mol. The fourth-order valence-corrected chi connectivity index (χ4v) is 3.59. The van der Waals surface area contributed by atoms with Gasteiger partial charge in [-0.25, -0.2) is 4.98 Å². The zero-order chi connectivity index (χ0) is 18.8. The minimum Gasteiger partial charge on any atom is -0.326 e. The molecule has 134 valence electrons. The van der Waals surface area contributed by atoms with E-state index in [-0.39, 0.29) is 11.8 Å². The van der Waals surface area contributed by atoms with Crippen molar-refractivity contribution in [1.29, 1.82) is 0 Å². The molecule has 2 N–H and O–H groups in total. The molecule has 0 aliphatic heterocycles. The Morgan fingerprint density at radius 2 is 1.88 bits per heavy atom. The summed E-state index contributed by atoms with van der Waals surface area (Å²) >= 11 is 1.52. The highest BCUT2D eigenvalue weighted by Gasteiger charge is 2.18. The number of hydrogen-bond donors (Lipinski definition) is 2. The number of aromatic nitrogens is 2. The van der Waals surface area contributed by atoms with Crippen LogP contribution in [0.3, 0.4) is 0 Å². The molecule has 6 nitrogen and oxygen atoms in total. The van der Waals surface area contributed by atoms with E-state index in [1.54, 1.807) is 18.3 Å². The Bertz CT molecular complexity index is 974. The minimum atomic E-state index is -0.191. The van der Waals surface area contributed by atoms with E-state index < -0.39 is 0 Å². The SMILES string of the molecule is CC(=O)Nc1ccc(C)c(NC(=O)c2cc(C)n(-c3nccs3)c2C)c1. The Kier molecular flexibility index (Phi) is 4.90. The van der Waals surface area contributed by atoms with Crippen molar-refractivity contribution in [2.45, 2.75) is 27.7 Å². The third-order valence-electron chi connectivity index (χ3n) is 4.09. The first-order valence-electron chi connectivity index (χ1n) is 8.15. The van der Waals surface area contributed by atoms with Crippen molar-refractivity contribution in [3.8, 4) is 5.13 Å². The zero-order valence-corrected chi connectivity index (χ0v) is 15.9. The summed E-state index contributed by atoms with van der Waals surface area (Å²) in [5, 5.41) is 8.42. The van der Waals surface area contributed by atoms with Crippen molar-refractivity contribution in [3.63, 3.8) is 0 Å². The normalized spacial score (nSPS) is 10.6. The summed E-state index contributed by atoms with van der Waals surface area (Å²) in [5.74, 6) is -0.345. The first-order valence-corrected chi connectivity index (χ1v) is 9.03. The number of carbonyl (C=O) groups is 2. The fraction of sp³-hybridized carbons (Fsp3) is 0.211. The summed E-state index contributed by atoms with van der Waals surface area (Å²) in [6.07, 6.45) is 1.75. The number of carbonyl (C=O) groups excluding carboxylic acids is 2. The van der Waals surface area contributed by atoms with Gasteiger partial charge in [0.1, 0.15) is 0 Å². The Hall–Kier alpha value is -2.93. The lowest BCUT2D eigenvalue weighted by Crippen LogP contribution is -2.14. The third kappa shape index (κ3) is 3.52. The van der Waals surface area contributed by atoms with Gasteiger partial charge in [0.2, 0.25) is 5.91 Å². The Balaban J connectivity index is 1.90. The van der Waals surface area contributed by atoms with Gasteiger partial charge in [-0.2, -0.15) is 0 Å². The van der Waals surface area contributed by atoms with E-state index in [1.165, 1.54) is 18.3 Å². The fourth-order valence-electron chi connectivity index (χ4n) is 2.84. The highest BCUT2D eigenvalue weighted by molar-refractivity contribution is 7.12. The van der Waals surface area contributed by atoms with Crippen LogP contribution in [0.1, 0.15) is 34.2 Å². The van der Waals surface area contributed by atoms with E-state index in [2.05, 4.69) is 15.6 Å². The molecule has 26 heavy (non-hydrogen) atoms. The number of nitrogens with zero attached hydrogens (tertiary/aromatic N) is 2. The Morgan fingerprint density at radius 3 is 2.54 bits per heavy atom. The quantitative estimate of drug-likeness (QED) is 0.729. The van der Waals surface area contributed by atoms with Crippen LogP contribution in [0, 0.1) is 20.8 Å². The standard InChI is InChI=1S/C19H20N4O2S/c1-11-5-6-15(21-14(4)24)10-17(11)22-18(25)16-9-12(2)23(13(16)3)19-20-7-8-26-19/h5-10H,1-4H3,(H,21,24)(H,22,25). The third-order valence-corrected chi connectivity index (χ3v) is 4.85. The van der Waals surface area contributed by atoms with Crippen molar-refractivity contribution >= 4 is 34.5 Å². The molecule has 2 amide bonds. The van der Waals surface area contributed by atoms with Crippen LogP contribution in [-0.4, -0.2) is 21.4 Å². The van der Waals surface area contributed by atoms with E-state index in [0.29, 0.717) is 16.9 Å². The molecule has 0 unspecified atom stereocenters. The largest absolute Gasteiger partial charge is 0.326 e. The predicted molar refractivity (Wildman–Crippen MR) is 104 cm³/mol. The molecule has 0 saturated carbocycles. The molecule has 7 heteroatoms. The van der Waals surface area contributed by atoms with Gasteiger partial charge in [-0.3, -0.25) is 14.2 Å². The smallest absolute Gasteiger partial charge is 0.257 e. The zero-order valence-electron chi connectivity index (χ0n) is 15.1. The van der Waals surface area contributed by atoms with Crippen LogP contribution in [-0.2, 0) is 4.79 Å². The first-order chi connectivity index (χ1) is 12.4. The molecule has 3 rings (SSSR count). The second-order valence-corrected chi connectivity index (χ2v) is 6.97. The molecule has 0 saturated heterocycles. The first kappa shape index (κ1) is 17.9. The summed E-state index contributed by atoms with van der Waals surface area (Å²) in [6, 6.07) is 7.29. The van der Waals surface area contributed by atoms with Crippen molar-refractivity contribution < 1.29 is 9.59 Å². The van der Waals surface area contributed by atoms with Gasteiger partial charge < -0.3 is 10.6 Å². The molecular formula is C19H20N4O2S. The molecule has 0 bridgehead atoms. The van der Waals surface area contributed by atoms with E-state index in [9.17, 15) is 9.59 Å². The van der Waals surface area contributed by atoms with E-state index in [0.717, 1.165) is 22.1 Å². The second-order valence-electron chi connectivity index (χ2n) is 6.10. The van der Waals surface area contributed by atoms with Crippen LogP contribution in [0.25, 0.3) is 5.13 Å². The van der Waals surface area contributed by atoms with Crippen LogP contribution in [0.2, 0.25) is 0 Å². The lowest BCUT2D eigenvalue weighted by Gasteiger charge is -2.11. The average Bonchev–Trinajstić information content (AvgIpc) is 3.18. The topological polar surface area (TPSA) is 76.0 Å². The Labute approximate surface area is 155 Å². The number of hydrogen-bond acceptors (Lipinski definition) is 4. The van der Waals surface area contributed by atoms with Gasteiger partial charge in [0.15, 0.2) is 5.13 Å². The molecule has 1 aromatic carbocycles. The van der Waals surface area contributed by atoms with Gasteiger partial charge >= 0.3 is 0 Å². The number of amides is 2. The molecule has 2 heterocycles. The number of thiazole rings is 1. The molecule has 2 aromatic heterocycles. The van der Waals surface area contributed by atoms with Gasteiger partial charge in [-0.05, 0) is 44.5 Å². The van der Waals surface area contributed by atoms with E-state index in [1.807, 2.05) is 42.9 Å². The minimum absolute atomic E-state index is 0.155. The molecule has 0 aliphatic carbocycles. The molecule has 0 aliphatic rings. The summed E-state index contributed by atoms with van der Waals surface area (Å²) in [5.41, 5.74) is 4.62. The highest BCUT2D eigenvalue weighted by Crippen LogP contribution is 2.25. The number of anilines is 2. The Morgan fingerprint density at radius 1 is 1.12 bits per heavy atom. The molecule has 3 aromatic rings. The maximum Gasteiger partial charge on any atom is 0.257 e. The lowest BCUT2D eigenvalue weighted by molar-refractivity contribution is -0.114. The van der Waals surface area contributed by atoms with Crippen LogP contribution in [0.15, 0.2) is 35.8 Å². The van der Waals surface area contributed by atoms with Gasteiger partial charge in [0, 0.05) is 41.3 Å². The summed E-state index contributed by atoms with van der Waals surface area (Å²) < 4.78 is 1.97. The van der Waals surface area contributed by atoms with E-state index >= 15 is 0 Å². The van der Waals surface area contributed by atoms with Crippen molar-refractivity contribution in [2.24, 2.45) is 0 Å². The molecule has 0 radical (unpaired) electrons. The molecule has 0 spiro atoms. The summed E-state index contributed by atoms with van der Waals surface area (Å²) in [6.45, 7) is 7.22. The summed E-state index contributed by atoms with van der Waals surface area (Å²) in [7, 11) is 0. The average molecular weight is 368 g/mol. The number of nitrogens with one attached hydrogen (secondary N) is 2. The van der Waals surface area contributed by atoms with Crippen LogP contribution >= 0.6 is 11.3 Å². The number of benzene rings is 1. The van der Waals surface area contributed by atoms with Crippen LogP contribution in [0.5, 0.6) is 0 Å². The van der Waals surface area contributed by atoms with E-state index in [4.69, 9.17) is 0 Å². The lowest BCUT2D eigenvalue weighted by atomic mass is 10.1. The molecule has 0 fully saturated rings. The number of rotatable bonds is 4. The van der Waals surface area contributed by atoms with Gasteiger partial charge in [-0.15, -0.1) is 11.3 Å². The van der Waals surface area contributed by atoms with Gasteiger partial charge in [0.05, 0.1) is 5.56 Å². The summed E-state index contributed by atoms with van der Waals surface area (Å²) in [4.78, 5) is 28.4. The number of aryl methyl sites for hydroxylation is 2. The van der Waals surface area contributed by atoms with Crippen molar-refractivity contribution in [2.75, 3.05) is 10.6 Å². The molecule has 0 atom stereocenters. The predicted octanol–water partition coefficient (Wildman–Crippen LogP) is 4.07. The maximum absolute atomic E-state index is 12.8. The maximum atomic E-state index is 12.8. The van der Waals surface area contributed by atoms with Crippen molar-refractivity contribution in [1.82, 2.24) is 9.55 Å². The van der Waals surface area contributed by atoms with Crippen molar-refractivity contribution in [3.05, 3.63) is 58.4 Å². The highest BCUT2D eigenvalue weighted by atomic mass is 32.1. The van der Waals surface area contributed by atoms with Gasteiger partial charge in [-0.1, -0.05) is 6.07 Å². The van der Waals surface area contributed by atoms with Gasteiger partial charge in [0.25, 0.3) is 5.91 Å². The van der Waals surface area contributed by atoms with Crippen LogP contribution < -0.4 is 10.6 Å². The van der Waals surface area contributed by atoms with Crippen LogP contribution in [0.4, 0.5) is 11.4 Å². The second kappa shape index (κ2) is 7.13. The monoisotopic (exact) mass is 368 g/mol.